The topological polar surface area (TPSA) is 76.3 Å². The number of pyridine rings is 1. The lowest BCUT2D eigenvalue weighted by Crippen LogP contribution is -2.44. The van der Waals surface area contributed by atoms with Crippen LogP contribution in [0.15, 0.2) is 53.2 Å². The molecule has 0 aliphatic carbocycles. The number of hydrogen-bond acceptors (Lipinski definition) is 7. The number of para-hydroxylation sites is 1. The van der Waals surface area contributed by atoms with Gasteiger partial charge in [-0.25, -0.2) is 0 Å². The van der Waals surface area contributed by atoms with Gasteiger partial charge >= 0.3 is 0 Å². The second kappa shape index (κ2) is 7.00. The minimum atomic E-state index is 0.106. The van der Waals surface area contributed by atoms with Crippen LogP contribution in [0.2, 0.25) is 0 Å². The van der Waals surface area contributed by atoms with E-state index in [0.29, 0.717) is 23.2 Å². The Kier molecular flexibility index (Phi) is 4.41. The number of ether oxygens (including phenoxy) is 1. The molecule has 1 aliphatic rings. The van der Waals surface area contributed by atoms with Crippen LogP contribution in [-0.4, -0.2) is 46.7 Å². The monoisotopic (exact) mass is 337 g/mol. The summed E-state index contributed by atoms with van der Waals surface area (Å²) in [4.78, 5) is 11.1. The number of likely N-dealkylation sites (N-methyl/N-ethyl adjacent to an activating group) is 1. The van der Waals surface area contributed by atoms with Crippen molar-refractivity contribution < 1.29 is 9.26 Å². The highest BCUT2D eigenvalue weighted by molar-refractivity contribution is 5.50. The Morgan fingerprint density at radius 3 is 2.92 bits per heavy atom. The summed E-state index contributed by atoms with van der Waals surface area (Å²) in [5.41, 5.74) is 0.596. The number of aromatic nitrogens is 3. The zero-order chi connectivity index (χ0) is 17.1. The first-order valence-corrected chi connectivity index (χ1v) is 8.23. The van der Waals surface area contributed by atoms with Crippen LogP contribution in [0.5, 0.6) is 11.5 Å². The predicted octanol–water partition coefficient (Wildman–Crippen LogP) is 2.50. The summed E-state index contributed by atoms with van der Waals surface area (Å²) in [6.45, 7) is 2.73. The maximum atomic E-state index is 5.83. The van der Waals surface area contributed by atoms with Crippen molar-refractivity contribution in [3.05, 3.63) is 54.5 Å². The summed E-state index contributed by atoms with van der Waals surface area (Å²) in [5.74, 6) is 2.50. The first-order valence-electron chi connectivity index (χ1n) is 8.23. The lowest BCUT2D eigenvalue weighted by atomic mass is 10.2. The van der Waals surface area contributed by atoms with Crippen LogP contribution in [0, 0.1) is 0 Å². The second-order valence-electron chi connectivity index (χ2n) is 5.95. The molecule has 1 N–H and O–H groups in total. The molecular weight excluding hydrogens is 318 g/mol. The van der Waals surface area contributed by atoms with Crippen molar-refractivity contribution >= 4 is 0 Å². The lowest BCUT2D eigenvalue weighted by molar-refractivity contribution is 0.190. The van der Waals surface area contributed by atoms with Gasteiger partial charge in [-0.2, -0.15) is 4.98 Å². The minimum Gasteiger partial charge on any atom is -0.457 e. The van der Waals surface area contributed by atoms with Gasteiger partial charge in [0, 0.05) is 31.9 Å². The van der Waals surface area contributed by atoms with E-state index in [1.54, 1.807) is 18.3 Å². The van der Waals surface area contributed by atoms with Gasteiger partial charge in [0.2, 0.25) is 0 Å². The summed E-state index contributed by atoms with van der Waals surface area (Å²) in [6.07, 6.45) is 1.67. The Hall–Kier alpha value is -2.77. The highest BCUT2D eigenvalue weighted by Crippen LogP contribution is 2.26. The number of rotatable bonds is 4. The zero-order valence-electron chi connectivity index (χ0n) is 13.9. The first kappa shape index (κ1) is 15.7. The maximum Gasteiger partial charge on any atom is 0.276 e. The molecule has 7 heteroatoms. The zero-order valence-corrected chi connectivity index (χ0v) is 13.9. The van der Waals surface area contributed by atoms with Gasteiger partial charge in [-0.05, 0) is 25.2 Å². The van der Waals surface area contributed by atoms with Crippen LogP contribution in [0.1, 0.15) is 11.9 Å². The average Bonchev–Trinajstić information content (AvgIpc) is 3.13. The van der Waals surface area contributed by atoms with E-state index in [-0.39, 0.29) is 6.04 Å². The number of nitrogens with zero attached hydrogens (tertiary/aromatic N) is 4. The number of nitrogens with one attached hydrogen (secondary N) is 1. The molecule has 3 aromatic rings. The van der Waals surface area contributed by atoms with Crippen molar-refractivity contribution in [1.82, 2.24) is 25.3 Å². The summed E-state index contributed by atoms with van der Waals surface area (Å²) < 4.78 is 11.3. The quantitative estimate of drug-likeness (QED) is 0.784. The Balaban J connectivity index is 1.55. The molecule has 1 aromatic carbocycles. The van der Waals surface area contributed by atoms with Gasteiger partial charge in [0.1, 0.15) is 17.2 Å². The van der Waals surface area contributed by atoms with Gasteiger partial charge in [-0.3, -0.25) is 9.88 Å². The van der Waals surface area contributed by atoms with Crippen LogP contribution in [0.25, 0.3) is 11.6 Å². The number of hydrogen-bond donors (Lipinski definition) is 1. The average molecular weight is 337 g/mol. The SMILES string of the molecule is CN1CCNCC1c1noc(-c2cc(Oc3ccccc3)ccn2)n1. The van der Waals surface area contributed by atoms with E-state index in [2.05, 4.69) is 32.4 Å². The highest BCUT2D eigenvalue weighted by atomic mass is 16.5. The van der Waals surface area contributed by atoms with E-state index in [1.165, 1.54) is 0 Å². The Labute approximate surface area is 145 Å². The summed E-state index contributed by atoms with van der Waals surface area (Å²) in [6, 6.07) is 13.3. The standard InChI is InChI=1S/C18H19N5O2/c1-23-10-9-19-12-16(23)17-21-18(25-22-17)15-11-14(7-8-20-15)24-13-5-3-2-4-6-13/h2-8,11,16,19H,9-10,12H2,1H3. The van der Waals surface area contributed by atoms with Gasteiger partial charge in [-0.1, -0.05) is 23.4 Å². The molecule has 0 radical (unpaired) electrons. The molecule has 0 spiro atoms. The van der Waals surface area contributed by atoms with Crippen molar-refractivity contribution in [2.75, 3.05) is 26.7 Å². The van der Waals surface area contributed by atoms with E-state index in [9.17, 15) is 0 Å². The van der Waals surface area contributed by atoms with Crippen LogP contribution < -0.4 is 10.1 Å². The van der Waals surface area contributed by atoms with Crippen molar-refractivity contribution in [1.29, 1.82) is 0 Å². The third-order valence-corrected chi connectivity index (χ3v) is 4.18. The Bertz CT molecular complexity index is 836. The Morgan fingerprint density at radius 2 is 2.08 bits per heavy atom. The molecule has 3 heterocycles. The molecular formula is C18H19N5O2. The van der Waals surface area contributed by atoms with E-state index in [1.807, 2.05) is 30.3 Å². The predicted molar refractivity (Wildman–Crippen MR) is 92.3 cm³/mol. The van der Waals surface area contributed by atoms with Crippen LogP contribution >= 0.6 is 0 Å². The lowest BCUT2D eigenvalue weighted by Gasteiger charge is -2.30. The molecule has 1 fully saturated rings. The Morgan fingerprint density at radius 1 is 1.20 bits per heavy atom. The second-order valence-corrected chi connectivity index (χ2v) is 5.95. The molecule has 1 saturated heterocycles. The molecule has 128 valence electrons. The first-order chi connectivity index (χ1) is 12.3. The molecule has 1 aliphatic heterocycles. The summed E-state index contributed by atoms with van der Waals surface area (Å²) in [7, 11) is 2.06. The third kappa shape index (κ3) is 3.52. The van der Waals surface area contributed by atoms with E-state index in [4.69, 9.17) is 9.26 Å². The van der Waals surface area contributed by atoms with E-state index >= 15 is 0 Å². The normalized spacial score (nSPS) is 18.2. The van der Waals surface area contributed by atoms with Crippen molar-refractivity contribution in [2.24, 2.45) is 0 Å². The van der Waals surface area contributed by atoms with Crippen molar-refractivity contribution in [3.63, 3.8) is 0 Å². The van der Waals surface area contributed by atoms with Gasteiger partial charge in [0.15, 0.2) is 5.82 Å². The molecule has 2 aromatic heterocycles. The highest BCUT2D eigenvalue weighted by Gasteiger charge is 2.25. The third-order valence-electron chi connectivity index (χ3n) is 4.18. The molecule has 0 amide bonds. The number of benzene rings is 1. The molecule has 7 nitrogen and oxygen atoms in total. The number of piperazine rings is 1. The molecule has 0 bridgehead atoms. The summed E-state index contributed by atoms with van der Waals surface area (Å²) in [5, 5.41) is 7.48. The van der Waals surface area contributed by atoms with Crippen LogP contribution in [0.3, 0.4) is 0 Å². The van der Waals surface area contributed by atoms with Gasteiger partial charge in [-0.15, -0.1) is 0 Å². The maximum absolute atomic E-state index is 5.83. The largest absolute Gasteiger partial charge is 0.457 e. The van der Waals surface area contributed by atoms with E-state index in [0.717, 1.165) is 25.4 Å². The fraction of sp³-hybridized carbons (Fsp3) is 0.278. The molecule has 0 saturated carbocycles. The van der Waals surface area contributed by atoms with Crippen molar-refractivity contribution in [3.8, 4) is 23.1 Å². The molecule has 4 rings (SSSR count). The molecule has 25 heavy (non-hydrogen) atoms. The van der Waals surface area contributed by atoms with Crippen molar-refractivity contribution in [2.45, 2.75) is 6.04 Å². The van der Waals surface area contributed by atoms with E-state index < -0.39 is 0 Å². The van der Waals surface area contributed by atoms with Gasteiger partial charge in [0.05, 0.1) is 6.04 Å². The smallest absolute Gasteiger partial charge is 0.276 e. The fourth-order valence-electron chi connectivity index (χ4n) is 2.78. The van der Waals surface area contributed by atoms with Gasteiger partial charge < -0.3 is 14.6 Å². The molecule has 1 unspecified atom stereocenters. The van der Waals surface area contributed by atoms with Crippen LogP contribution in [0.4, 0.5) is 0 Å². The fourth-order valence-corrected chi connectivity index (χ4v) is 2.78. The van der Waals surface area contributed by atoms with Crippen LogP contribution in [-0.2, 0) is 0 Å². The summed E-state index contributed by atoms with van der Waals surface area (Å²) >= 11 is 0. The minimum absolute atomic E-state index is 0.106. The van der Waals surface area contributed by atoms with Gasteiger partial charge in [0.25, 0.3) is 5.89 Å². The molecule has 1 atom stereocenters.